The highest BCUT2D eigenvalue weighted by atomic mass is 19.1. The molecule has 3 rings (SSSR count). The molecule has 1 saturated heterocycles. The molecule has 2 heterocycles. The summed E-state index contributed by atoms with van der Waals surface area (Å²) < 4.78 is 14.3. The predicted octanol–water partition coefficient (Wildman–Crippen LogP) is 2.44. The maximum absolute atomic E-state index is 14.3. The second kappa shape index (κ2) is 5.05. The van der Waals surface area contributed by atoms with E-state index in [1.165, 1.54) is 12.5 Å². The molecule has 0 aromatic heterocycles. The minimum absolute atomic E-state index is 0.334. The number of carbonyl (C=O) groups is 1. The highest BCUT2D eigenvalue weighted by molar-refractivity contribution is 6.02. The van der Waals surface area contributed by atoms with Crippen molar-refractivity contribution >= 4 is 17.3 Å². The second-order valence-corrected chi connectivity index (χ2v) is 5.65. The molecule has 4 nitrogen and oxygen atoms in total. The van der Waals surface area contributed by atoms with Gasteiger partial charge in [-0.2, -0.15) is 0 Å². The van der Waals surface area contributed by atoms with Crippen molar-refractivity contribution in [1.82, 2.24) is 0 Å². The SMILES string of the molecule is CCC1CCCN(c2cc3c(cc2F)C(O)C(=O)N3)C1. The van der Waals surface area contributed by atoms with Gasteiger partial charge in [-0.05, 0) is 30.9 Å². The Kier molecular flexibility index (Phi) is 3.38. The van der Waals surface area contributed by atoms with Crippen molar-refractivity contribution in [3.8, 4) is 0 Å². The van der Waals surface area contributed by atoms with Crippen molar-refractivity contribution in [3.05, 3.63) is 23.5 Å². The molecular formula is C15H19FN2O2. The average molecular weight is 278 g/mol. The highest BCUT2D eigenvalue weighted by Crippen LogP contribution is 2.37. The molecule has 0 saturated carbocycles. The molecule has 1 fully saturated rings. The average Bonchev–Trinajstić information content (AvgIpc) is 2.73. The molecule has 1 aromatic carbocycles. The number of hydrogen-bond acceptors (Lipinski definition) is 3. The van der Waals surface area contributed by atoms with Gasteiger partial charge < -0.3 is 15.3 Å². The van der Waals surface area contributed by atoms with E-state index < -0.39 is 12.0 Å². The van der Waals surface area contributed by atoms with Crippen LogP contribution < -0.4 is 10.2 Å². The van der Waals surface area contributed by atoms with Gasteiger partial charge >= 0.3 is 0 Å². The number of nitrogens with zero attached hydrogens (tertiary/aromatic N) is 1. The van der Waals surface area contributed by atoms with Crippen LogP contribution in [0, 0.1) is 11.7 Å². The third-order valence-electron chi connectivity index (χ3n) is 4.36. The first-order valence-electron chi connectivity index (χ1n) is 7.17. The normalized spacial score (nSPS) is 25.6. The Morgan fingerprint density at radius 3 is 3.05 bits per heavy atom. The van der Waals surface area contributed by atoms with Crippen molar-refractivity contribution in [2.75, 3.05) is 23.3 Å². The van der Waals surface area contributed by atoms with Crippen molar-refractivity contribution in [2.24, 2.45) is 5.92 Å². The van der Waals surface area contributed by atoms with E-state index in [1.807, 2.05) is 4.90 Å². The lowest BCUT2D eigenvalue weighted by Crippen LogP contribution is -2.35. The smallest absolute Gasteiger partial charge is 0.257 e. The van der Waals surface area contributed by atoms with Crippen LogP contribution in [0.25, 0.3) is 0 Å². The van der Waals surface area contributed by atoms with Gasteiger partial charge in [0, 0.05) is 24.3 Å². The number of hydrogen-bond donors (Lipinski definition) is 2. The van der Waals surface area contributed by atoms with E-state index in [-0.39, 0.29) is 5.82 Å². The molecule has 0 bridgehead atoms. The molecule has 0 spiro atoms. The van der Waals surface area contributed by atoms with Gasteiger partial charge in [0.1, 0.15) is 5.82 Å². The quantitative estimate of drug-likeness (QED) is 0.873. The van der Waals surface area contributed by atoms with Crippen molar-refractivity contribution in [2.45, 2.75) is 32.3 Å². The van der Waals surface area contributed by atoms with E-state index >= 15 is 0 Å². The van der Waals surface area contributed by atoms with E-state index in [4.69, 9.17) is 0 Å². The third-order valence-corrected chi connectivity index (χ3v) is 4.36. The molecule has 0 radical (unpaired) electrons. The van der Waals surface area contributed by atoms with Crippen LogP contribution in [0.1, 0.15) is 37.9 Å². The molecule has 2 aliphatic rings. The number of nitrogens with one attached hydrogen (secondary N) is 1. The number of piperidine rings is 1. The van der Waals surface area contributed by atoms with E-state index in [9.17, 15) is 14.3 Å². The van der Waals surface area contributed by atoms with Gasteiger partial charge in [-0.15, -0.1) is 0 Å². The Hall–Kier alpha value is -1.62. The van der Waals surface area contributed by atoms with Crippen LogP contribution >= 0.6 is 0 Å². The molecule has 2 N–H and O–H groups in total. The number of anilines is 2. The summed E-state index contributed by atoms with van der Waals surface area (Å²) >= 11 is 0. The molecule has 108 valence electrons. The van der Waals surface area contributed by atoms with Gasteiger partial charge in [-0.1, -0.05) is 13.3 Å². The second-order valence-electron chi connectivity index (χ2n) is 5.65. The van der Waals surface area contributed by atoms with Gasteiger partial charge in [-0.25, -0.2) is 4.39 Å². The Bertz CT molecular complexity index is 547. The first-order valence-corrected chi connectivity index (χ1v) is 7.17. The fourth-order valence-corrected chi connectivity index (χ4v) is 3.11. The van der Waals surface area contributed by atoms with Crippen LogP contribution in [0.4, 0.5) is 15.8 Å². The summed E-state index contributed by atoms with van der Waals surface area (Å²) in [7, 11) is 0. The fraction of sp³-hybridized carbons (Fsp3) is 0.533. The van der Waals surface area contributed by atoms with Crippen LogP contribution in [0.15, 0.2) is 12.1 Å². The van der Waals surface area contributed by atoms with Crippen LogP contribution in [0.5, 0.6) is 0 Å². The van der Waals surface area contributed by atoms with Crippen LogP contribution in [-0.2, 0) is 4.79 Å². The van der Waals surface area contributed by atoms with Crippen molar-refractivity contribution in [1.29, 1.82) is 0 Å². The standard InChI is InChI=1S/C15H19FN2O2/c1-2-9-4-3-5-18(8-9)13-7-12-10(6-11(13)16)14(19)15(20)17-12/h6-7,9,14,19H,2-5,8H2,1H3,(H,17,20). The number of amides is 1. The van der Waals surface area contributed by atoms with Gasteiger partial charge in [0.25, 0.3) is 5.91 Å². The maximum Gasteiger partial charge on any atom is 0.257 e. The zero-order valence-electron chi connectivity index (χ0n) is 11.5. The molecule has 0 aliphatic carbocycles. The molecule has 2 unspecified atom stereocenters. The molecule has 2 atom stereocenters. The Labute approximate surface area is 117 Å². The summed E-state index contributed by atoms with van der Waals surface area (Å²) in [6.07, 6.45) is 2.09. The Morgan fingerprint density at radius 2 is 2.30 bits per heavy atom. The Balaban J connectivity index is 1.91. The first kappa shape index (κ1) is 13.4. The van der Waals surface area contributed by atoms with Gasteiger partial charge in [0.05, 0.1) is 5.69 Å². The summed E-state index contributed by atoms with van der Waals surface area (Å²) in [5.41, 5.74) is 1.38. The first-order chi connectivity index (χ1) is 9.60. The summed E-state index contributed by atoms with van der Waals surface area (Å²) in [6, 6.07) is 2.93. The molecular weight excluding hydrogens is 259 g/mol. The van der Waals surface area contributed by atoms with E-state index in [1.54, 1.807) is 6.07 Å². The van der Waals surface area contributed by atoms with E-state index in [0.717, 1.165) is 25.9 Å². The number of benzene rings is 1. The number of rotatable bonds is 2. The lowest BCUT2D eigenvalue weighted by molar-refractivity contribution is -0.123. The zero-order valence-corrected chi connectivity index (χ0v) is 11.5. The van der Waals surface area contributed by atoms with E-state index in [0.29, 0.717) is 22.9 Å². The summed E-state index contributed by atoms with van der Waals surface area (Å²) in [6.45, 7) is 3.84. The zero-order chi connectivity index (χ0) is 14.3. The lowest BCUT2D eigenvalue weighted by Gasteiger charge is -2.34. The number of halogens is 1. The minimum Gasteiger partial charge on any atom is -0.378 e. The van der Waals surface area contributed by atoms with Crippen LogP contribution in [0.2, 0.25) is 0 Å². The molecule has 1 amide bonds. The predicted molar refractivity (Wildman–Crippen MR) is 75.2 cm³/mol. The number of aliphatic hydroxyl groups excluding tert-OH is 1. The number of fused-ring (bicyclic) bond motifs is 1. The van der Waals surface area contributed by atoms with Crippen molar-refractivity contribution in [3.63, 3.8) is 0 Å². The monoisotopic (exact) mass is 278 g/mol. The molecule has 2 aliphatic heterocycles. The lowest BCUT2D eigenvalue weighted by atomic mass is 9.95. The largest absolute Gasteiger partial charge is 0.378 e. The van der Waals surface area contributed by atoms with Gasteiger partial charge in [-0.3, -0.25) is 4.79 Å². The number of carbonyl (C=O) groups excluding carboxylic acids is 1. The topological polar surface area (TPSA) is 52.6 Å². The summed E-state index contributed by atoms with van der Waals surface area (Å²) in [5.74, 6) is -0.255. The van der Waals surface area contributed by atoms with Crippen molar-refractivity contribution < 1.29 is 14.3 Å². The number of aliphatic hydroxyl groups is 1. The minimum atomic E-state index is -1.25. The van der Waals surface area contributed by atoms with E-state index in [2.05, 4.69) is 12.2 Å². The van der Waals surface area contributed by atoms with Gasteiger partial charge in [0.15, 0.2) is 6.10 Å². The fourth-order valence-electron chi connectivity index (χ4n) is 3.11. The maximum atomic E-state index is 14.3. The highest BCUT2D eigenvalue weighted by Gasteiger charge is 2.31. The summed E-state index contributed by atoms with van der Waals surface area (Å²) in [5, 5.41) is 12.3. The van der Waals surface area contributed by atoms with Crippen LogP contribution in [-0.4, -0.2) is 24.1 Å². The summed E-state index contributed by atoms with van der Waals surface area (Å²) in [4.78, 5) is 13.5. The molecule has 5 heteroatoms. The van der Waals surface area contributed by atoms with Crippen LogP contribution in [0.3, 0.4) is 0 Å². The third kappa shape index (κ3) is 2.16. The van der Waals surface area contributed by atoms with Gasteiger partial charge in [0.2, 0.25) is 0 Å². The molecule has 20 heavy (non-hydrogen) atoms. The Morgan fingerprint density at radius 1 is 1.50 bits per heavy atom. The molecule has 1 aromatic rings.